The Morgan fingerprint density at radius 3 is 1.85 bits per heavy atom. The van der Waals surface area contributed by atoms with Crippen molar-refractivity contribution in [1.29, 1.82) is 0 Å². The highest BCUT2D eigenvalue weighted by Gasteiger charge is 1.86. The Morgan fingerprint density at radius 2 is 1.54 bits per heavy atom. The molecule has 0 aliphatic rings. The number of aldehydes is 1. The van der Waals surface area contributed by atoms with Crippen LogP contribution in [0.3, 0.4) is 0 Å². The van der Waals surface area contributed by atoms with E-state index in [2.05, 4.69) is 0 Å². The summed E-state index contributed by atoms with van der Waals surface area (Å²) in [7, 11) is 0. The zero-order valence-corrected chi connectivity index (χ0v) is 6.54. The smallest absolute Gasteiger partial charge is 0.503 e. The van der Waals surface area contributed by atoms with Crippen LogP contribution in [-0.2, 0) is 0 Å². The van der Waals surface area contributed by atoms with E-state index in [0.717, 1.165) is 6.29 Å². The van der Waals surface area contributed by atoms with E-state index in [9.17, 15) is 4.79 Å². The van der Waals surface area contributed by atoms with Crippen LogP contribution in [0.15, 0.2) is 24.3 Å². The lowest BCUT2D eigenvalue weighted by Gasteiger charge is -1.88. The lowest BCUT2D eigenvalue weighted by Crippen LogP contribution is -1.81. The Morgan fingerprint density at radius 1 is 1.15 bits per heavy atom. The van der Waals surface area contributed by atoms with Gasteiger partial charge in [-0.2, -0.15) is 0 Å². The van der Waals surface area contributed by atoms with Gasteiger partial charge in [0.2, 0.25) is 0 Å². The standard InChI is InChI=1S/C7H6O2.CH2O3/c8-5-6-1-3-7(9)4-2-6;2-1(3)4/h1-5,9H;(H2,2,3,4). The van der Waals surface area contributed by atoms with E-state index in [4.69, 9.17) is 20.1 Å². The summed E-state index contributed by atoms with van der Waals surface area (Å²) >= 11 is 0. The summed E-state index contributed by atoms with van der Waals surface area (Å²) in [5.74, 6) is 0.181. The largest absolute Gasteiger partial charge is 0.508 e. The molecule has 1 aromatic rings. The van der Waals surface area contributed by atoms with Gasteiger partial charge in [-0.1, -0.05) is 0 Å². The second kappa shape index (κ2) is 5.59. The molecule has 5 nitrogen and oxygen atoms in total. The monoisotopic (exact) mass is 184 g/mol. The third-order valence-corrected chi connectivity index (χ3v) is 1.03. The number of aromatic hydroxyl groups is 1. The van der Waals surface area contributed by atoms with E-state index in [1.54, 1.807) is 12.1 Å². The molecule has 3 N–H and O–H groups in total. The normalized spacial score (nSPS) is 8.00. The molecule has 0 aliphatic carbocycles. The topological polar surface area (TPSA) is 94.8 Å². The molecule has 0 bridgehead atoms. The number of carbonyl (C=O) groups is 2. The zero-order chi connectivity index (χ0) is 10.3. The van der Waals surface area contributed by atoms with Gasteiger partial charge >= 0.3 is 6.16 Å². The molecule has 0 heterocycles. The molecule has 1 rings (SSSR count). The van der Waals surface area contributed by atoms with Gasteiger partial charge in [-0.3, -0.25) is 4.79 Å². The van der Waals surface area contributed by atoms with E-state index < -0.39 is 6.16 Å². The van der Waals surface area contributed by atoms with E-state index in [1.807, 2.05) is 0 Å². The molecule has 0 aliphatic heterocycles. The maximum Gasteiger partial charge on any atom is 0.503 e. The zero-order valence-electron chi connectivity index (χ0n) is 6.54. The summed E-state index contributed by atoms with van der Waals surface area (Å²) in [5.41, 5.74) is 0.577. The van der Waals surface area contributed by atoms with Crippen LogP contribution in [0.4, 0.5) is 4.79 Å². The molecule has 0 aromatic heterocycles. The lowest BCUT2D eigenvalue weighted by atomic mass is 10.2. The predicted molar refractivity (Wildman–Crippen MR) is 44.1 cm³/mol. The van der Waals surface area contributed by atoms with Crippen LogP contribution in [-0.4, -0.2) is 27.8 Å². The third kappa shape index (κ3) is 6.36. The Hall–Kier alpha value is -2.04. The number of benzene rings is 1. The van der Waals surface area contributed by atoms with Crippen molar-refractivity contribution in [3.63, 3.8) is 0 Å². The molecule has 0 saturated carbocycles. The van der Waals surface area contributed by atoms with Crippen LogP contribution in [0.5, 0.6) is 5.75 Å². The van der Waals surface area contributed by atoms with E-state index >= 15 is 0 Å². The van der Waals surface area contributed by atoms with Crippen molar-refractivity contribution in [1.82, 2.24) is 0 Å². The van der Waals surface area contributed by atoms with Gasteiger partial charge in [0.1, 0.15) is 12.0 Å². The predicted octanol–water partition coefficient (Wildman–Crippen LogP) is 1.43. The SMILES string of the molecule is O=C(O)O.O=Cc1ccc(O)cc1. The fraction of sp³-hybridized carbons (Fsp3) is 0. The Bertz CT molecular complexity index is 273. The fourth-order valence-corrected chi connectivity index (χ4v) is 0.553. The molecule has 0 fully saturated rings. The van der Waals surface area contributed by atoms with Gasteiger partial charge in [0.05, 0.1) is 0 Å². The summed E-state index contributed by atoms with van der Waals surface area (Å²) in [6, 6.07) is 6.07. The quantitative estimate of drug-likeness (QED) is 0.574. The molecule has 0 unspecified atom stereocenters. The summed E-state index contributed by atoms with van der Waals surface area (Å²) in [6.45, 7) is 0. The molecule has 0 radical (unpaired) electrons. The first kappa shape index (κ1) is 11.0. The van der Waals surface area contributed by atoms with E-state index in [-0.39, 0.29) is 5.75 Å². The van der Waals surface area contributed by atoms with E-state index in [0.29, 0.717) is 5.56 Å². The number of carboxylic acid groups (broad SMARTS) is 2. The molecular formula is C8H8O5. The van der Waals surface area contributed by atoms with Gasteiger partial charge in [-0.25, -0.2) is 4.79 Å². The lowest BCUT2D eigenvalue weighted by molar-refractivity contribution is 0.112. The van der Waals surface area contributed by atoms with E-state index in [1.165, 1.54) is 12.1 Å². The Kier molecular flexibility index (Phi) is 4.71. The highest BCUT2D eigenvalue weighted by molar-refractivity contribution is 5.74. The van der Waals surface area contributed by atoms with Crippen LogP contribution in [0.2, 0.25) is 0 Å². The number of hydrogen-bond acceptors (Lipinski definition) is 3. The van der Waals surface area contributed by atoms with Crippen LogP contribution in [0.1, 0.15) is 10.4 Å². The summed E-state index contributed by atoms with van der Waals surface area (Å²) in [5, 5.41) is 22.7. The molecule has 0 spiro atoms. The van der Waals surface area contributed by atoms with Crippen molar-refractivity contribution < 1.29 is 24.9 Å². The summed E-state index contributed by atoms with van der Waals surface area (Å²) in [6.07, 6.45) is -1.10. The first-order valence-electron chi connectivity index (χ1n) is 3.22. The second-order valence-corrected chi connectivity index (χ2v) is 1.99. The Balaban J connectivity index is 0.000000310. The maximum absolute atomic E-state index is 10.0. The average molecular weight is 184 g/mol. The number of phenolic OH excluding ortho intramolecular Hbond substituents is 1. The van der Waals surface area contributed by atoms with Gasteiger partial charge in [-0.05, 0) is 24.3 Å². The fourth-order valence-electron chi connectivity index (χ4n) is 0.553. The van der Waals surface area contributed by atoms with Crippen molar-refractivity contribution in [2.24, 2.45) is 0 Å². The van der Waals surface area contributed by atoms with Crippen molar-refractivity contribution in [3.05, 3.63) is 29.8 Å². The number of hydrogen-bond donors (Lipinski definition) is 3. The van der Waals surface area contributed by atoms with Crippen LogP contribution in [0, 0.1) is 0 Å². The van der Waals surface area contributed by atoms with Crippen molar-refractivity contribution >= 4 is 12.4 Å². The third-order valence-electron chi connectivity index (χ3n) is 1.03. The number of rotatable bonds is 1. The first-order valence-corrected chi connectivity index (χ1v) is 3.22. The Labute approximate surface area is 73.9 Å². The van der Waals surface area contributed by atoms with Gasteiger partial charge in [0.25, 0.3) is 0 Å². The van der Waals surface area contributed by atoms with Crippen molar-refractivity contribution in [2.45, 2.75) is 0 Å². The van der Waals surface area contributed by atoms with Crippen molar-refractivity contribution in [3.8, 4) is 5.75 Å². The molecular weight excluding hydrogens is 176 g/mol. The maximum atomic E-state index is 10.0. The molecule has 0 saturated heterocycles. The van der Waals surface area contributed by atoms with Crippen LogP contribution >= 0.6 is 0 Å². The molecule has 0 atom stereocenters. The van der Waals surface area contributed by atoms with Gasteiger partial charge in [0, 0.05) is 5.56 Å². The van der Waals surface area contributed by atoms with Gasteiger partial charge in [0.15, 0.2) is 0 Å². The summed E-state index contributed by atoms with van der Waals surface area (Å²) < 4.78 is 0. The van der Waals surface area contributed by atoms with Crippen molar-refractivity contribution in [2.75, 3.05) is 0 Å². The molecule has 5 heteroatoms. The first-order chi connectivity index (χ1) is 6.06. The summed E-state index contributed by atoms with van der Waals surface area (Å²) in [4.78, 5) is 18.6. The average Bonchev–Trinajstić information content (AvgIpc) is 2.05. The minimum Gasteiger partial charge on any atom is -0.508 e. The van der Waals surface area contributed by atoms with Gasteiger partial charge < -0.3 is 15.3 Å². The molecule has 1 aromatic carbocycles. The van der Waals surface area contributed by atoms with Gasteiger partial charge in [-0.15, -0.1) is 0 Å². The van der Waals surface area contributed by atoms with Crippen LogP contribution < -0.4 is 0 Å². The second-order valence-electron chi connectivity index (χ2n) is 1.99. The molecule has 70 valence electrons. The minimum atomic E-state index is -1.83. The van der Waals surface area contributed by atoms with Crippen LogP contribution in [0.25, 0.3) is 0 Å². The highest BCUT2D eigenvalue weighted by Crippen LogP contribution is 2.07. The number of carbonyl (C=O) groups excluding carboxylic acids is 1. The minimum absolute atomic E-state index is 0.181. The molecule has 13 heavy (non-hydrogen) atoms. The highest BCUT2D eigenvalue weighted by atomic mass is 16.6. The molecule has 0 amide bonds. The number of phenols is 1.